The van der Waals surface area contributed by atoms with Gasteiger partial charge in [-0.25, -0.2) is 0 Å². The van der Waals surface area contributed by atoms with E-state index in [9.17, 15) is 4.79 Å². The van der Waals surface area contributed by atoms with E-state index in [-0.39, 0.29) is 5.91 Å². The minimum absolute atomic E-state index is 0.386. The Balaban J connectivity index is 2.12. The van der Waals surface area contributed by atoms with Gasteiger partial charge >= 0.3 is 0 Å². The van der Waals surface area contributed by atoms with Crippen LogP contribution in [-0.2, 0) is 6.54 Å². The van der Waals surface area contributed by atoms with E-state index >= 15 is 0 Å². The van der Waals surface area contributed by atoms with Crippen molar-refractivity contribution in [3.05, 3.63) is 83.0 Å². The average molecular weight is 304 g/mol. The van der Waals surface area contributed by atoms with Gasteiger partial charge in [-0.15, -0.1) is 0 Å². The molecule has 0 unspecified atom stereocenters. The molecule has 0 saturated heterocycles. The molecule has 3 nitrogen and oxygen atoms in total. The molecular weight excluding hydrogens is 284 g/mol. The SMILES string of the molecule is Cc1cccc(Cn2c(-c3ccccc3)cc(C(N)=O)c2C)c1. The van der Waals surface area contributed by atoms with Crippen LogP contribution in [0.15, 0.2) is 60.7 Å². The van der Waals surface area contributed by atoms with Gasteiger partial charge in [-0.1, -0.05) is 60.2 Å². The number of nitrogens with zero attached hydrogens (tertiary/aromatic N) is 1. The minimum atomic E-state index is -0.386. The fraction of sp³-hybridized carbons (Fsp3) is 0.150. The molecule has 3 heteroatoms. The van der Waals surface area contributed by atoms with Crippen LogP contribution in [0.2, 0.25) is 0 Å². The Morgan fingerprint density at radius 2 is 1.74 bits per heavy atom. The van der Waals surface area contributed by atoms with E-state index in [0.29, 0.717) is 12.1 Å². The molecule has 0 saturated carbocycles. The van der Waals surface area contributed by atoms with Crippen LogP contribution in [0.25, 0.3) is 11.3 Å². The quantitative estimate of drug-likeness (QED) is 0.780. The zero-order chi connectivity index (χ0) is 16.4. The first-order valence-electron chi connectivity index (χ1n) is 7.67. The van der Waals surface area contributed by atoms with Crippen LogP contribution in [0.5, 0.6) is 0 Å². The molecule has 23 heavy (non-hydrogen) atoms. The summed E-state index contributed by atoms with van der Waals surface area (Å²) in [5.41, 5.74) is 11.5. The van der Waals surface area contributed by atoms with E-state index in [1.54, 1.807) is 0 Å². The highest BCUT2D eigenvalue weighted by molar-refractivity contribution is 5.95. The Bertz CT molecular complexity index is 847. The molecule has 2 aromatic carbocycles. The van der Waals surface area contributed by atoms with Crippen LogP contribution < -0.4 is 5.73 Å². The molecule has 1 amide bonds. The summed E-state index contributed by atoms with van der Waals surface area (Å²) < 4.78 is 2.16. The minimum Gasteiger partial charge on any atom is -0.366 e. The van der Waals surface area contributed by atoms with Gasteiger partial charge in [-0.2, -0.15) is 0 Å². The van der Waals surface area contributed by atoms with Crippen molar-refractivity contribution in [3.8, 4) is 11.3 Å². The molecule has 0 aliphatic carbocycles. The van der Waals surface area contributed by atoms with E-state index in [4.69, 9.17) is 5.73 Å². The van der Waals surface area contributed by atoms with Crippen LogP contribution in [0.1, 0.15) is 27.2 Å². The molecule has 0 aliphatic rings. The lowest BCUT2D eigenvalue weighted by molar-refractivity contribution is 0.0999. The third-order valence-corrected chi connectivity index (χ3v) is 4.12. The van der Waals surface area contributed by atoms with Crippen LogP contribution >= 0.6 is 0 Å². The number of benzene rings is 2. The second-order valence-corrected chi connectivity index (χ2v) is 5.83. The summed E-state index contributed by atoms with van der Waals surface area (Å²) in [6, 6.07) is 20.4. The fourth-order valence-electron chi connectivity index (χ4n) is 2.94. The molecule has 0 radical (unpaired) electrons. The van der Waals surface area contributed by atoms with Crippen molar-refractivity contribution in [2.45, 2.75) is 20.4 Å². The molecule has 0 bridgehead atoms. The molecule has 0 spiro atoms. The summed E-state index contributed by atoms with van der Waals surface area (Å²) in [6.07, 6.45) is 0. The normalized spacial score (nSPS) is 10.7. The Morgan fingerprint density at radius 3 is 2.39 bits per heavy atom. The molecule has 3 rings (SSSR count). The highest BCUT2D eigenvalue weighted by Crippen LogP contribution is 2.27. The third kappa shape index (κ3) is 3.04. The first-order chi connectivity index (χ1) is 11.1. The summed E-state index contributed by atoms with van der Waals surface area (Å²) in [7, 11) is 0. The molecule has 0 aliphatic heterocycles. The monoisotopic (exact) mass is 304 g/mol. The lowest BCUT2D eigenvalue weighted by Gasteiger charge is -2.13. The zero-order valence-electron chi connectivity index (χ0n) is 13.4. The number of rotatable bonds is 4. The standard InChI is InChI=1S/C20H20N2O/c1-14-7-6-8-16(11-14)13-22-15(2)18(20(21)23)12-19(22)17-9-4-3-5-10-17/h3-12H,13H2,1-2H3,(H2,21,23). The largest absolute Gasteiger partial charge is 0.366 e. The van der Waals surface area contributed by atoms with Crippen LogP contribution in [-0.4, -0.2) is 10.5 Å². The van der Waals surface area contributed by atoms with Gasteiger partial charge < -0.3 is 10.3 Å². The van der Waals surface area contributed by atoms with Crippen molar-refractivity contribution < 1.29 is 4.79 Å². The Labute approximate surface area is 136 Å². The Hall–Kier alpha value is -2.81. The number of hydrogen-bond acceptors (Lipinski definition) is 1. The molecule has 0 atom stereocenters. The number of aromatic nitrogens is 1. The molecule has 0 fully saturated rings. The first kappa shape index (κ1) is 15.1. The number of aryl methyl sites for hydroxylation is 1. The molecule has 3 aromatic rings. The zero-order valence-corrected chi connectivity index (χ0v) is 13.4. The van der Waals surface area contributed by atoms with Crippen molar-refractivity contribution in [1.82, 2.24) is 4.57 Å². The van der Waals surface area contributed by atoms with E-state index in [1.165, 1.54) is 11.1 Å². The topological polar surface area (TPSA) is 48.0 Å². The van der Waals surface area contributed by atoms with Gasteiger partial charge in [0.2, 0.25) is 0 Å². The highest BCUT2D eigenvalue weighted by Gasteiger charge is 2.16. The maximum atomic E-state index is 11.7. The van der Waals surface area contributed by atoms with Gasteiger partial charge in [0.1, 0.15) is 0 Å². The van der Waals surface area contributed by atoms with Gasteiger partial charge in [0.25, 0.3) is 5.91 Å². The van der Waals surface area contributed by atoms with Crippen LogP contribution in [0.3, 0.4) is 0 Å². The maximum Gasteiger partial charge on any atom is 0.250 e. The van der Waals surface area contributed by atoms with Crippen molar-refractivity contribution in [1.29, 1.82) is 0 Å². The smallest absolute Gasteiger partial charge is 0.250 e. The summed E-state index contributed by atoms with van der Waals surface area (Å²) in [4.78, 5) is 11.7. The van der Waals surface area contributed by atoms with Crippen molar-refractivity contribution in [2.24, 2.45) is 5.73 Å². The Morgan fingerprint density at radius 1 is 1.00 bits per heavy atom. The second kappa shape index (κ2) is 6.13. The highest BCUT2D eigenvalue weighted by atomic mass is 16.1. The molecular formula is C20H20N2O. The summed E-state index contributed by atoms with van der Waals surface area (Å²) in [5.74, 6) is -0.386. The summed E-state index contributed by atoms with van der Waals surface area (Å²) in [6.45, 7) is 4.74. The number of nitrogens with two attached hydrogens (primary N) is 1. The lowest BCUT2D eigenvalue weighted by Crippen LogP contribution is -2.12. The van der Waals surface area contributed by atoms with Gasteiger partial charge in [0.05, 0.1) is 5.56 Å². The first-order valence-corrected chi connectivity index (χ1v) is 7.67. The van der Waals surface area contributed by atoms with E-state index in [1.807, 2.05) is 43.3 Å². The van der Waals surface area contributed by atoms with Crippen LogP contribution in [0.4, 0.5) is 0 Å². The van der Waals surface area contributed by atoms with Gasteiger partial charge in [0, 0.05) is 17.9 Å². The molecule has 2 N–H and O–H groups in total. The van der Waals surface area contributed by atoms with Crippen LogP contribution in [0, 0.1) is 13.8 Å². The predicted octanol–water partition coefficient (Wildman–Crippen LogP) is 3.92. The van der Waals surface area contributed by atoms with Crippen molar-refractivity contribution in [3.63, 3.8) is 0 Å². The summed E-state index contributed by atoms with van der Waals surface area (Å²) in [5, 5.41) is 0. The molecule has 1 aromatic heterocycles. The van der Waals surface area contributed by atoms with Crippen molar-refractivity contribution >= 4 is 5.91 Å². The molecule has 1 heterocycles. The summed E-state index contributed by atoms with van der Waals surface area (Å²) >= 11 is 0. The second-order valence-electron chi connectivity index (χ2n) is 5.83. The predicted molar refractivity (Wildman–Crippen MR) is 93.4 cm³/mol. The molecule has 116 valence electrons. The number of hydrogen-bond donors (Lipinski definition) is 1. The van der Waals surface area contributed by atoms with E-state index < -0.39 is 0 Å². The fourth-order valence-corrected chi connectivity index (χ4v) is 2.94. The van der Waals surface area contributed by atoms with E-state index in [0.717, 1.165) is 17.0 Å². The lowest BCUT2D eigenvalue weighted by atomic mass is 10.1. The van der Waals surface area contributed by atoms with Crippen molar-refractivity contribution in [2.75, 3.05) is 0 Å². The number of amides is 1. The van der Waals surface area contributed by atoms with Gasteiger partial charge in [0.15, 0.2) is 0 Å². The third-order valence-electron chi connectivity index (χ3n) is 4.12. The maximum absolute atomic E-state index is 11.7. The van der Waals surface area contributed by atoms with Gasteiger partial charge in [-0.05, 0) is 31.0 Å². The number of primary amides is 1. The van der Waals surface area contributed by atoms with Gasteiger partial charge in [-0.3, -0.25) is 4.79 Å². The average Bonchev–Trinajstić information content (AvgIpc) is 2.86. The van der Waals surface area contributed by atoms with E-state index in [2.05, 4.69) is 35.8 Å². The number of carbonyl (C=O) groups is 1. The number of carbonyl (C=O) groups excluding carboxylic acids is 1. The Kier molecular flexibility index (Phi) is 4.02.